The van der Waals surface area contributed by atoms with Crippen LogP contribution in [0.3, 0.4) is 0 Å². The molecule has 1 aliphatic heterocycles. The van der Waals surface area contributed by atoms with E-state index in [-0.39, 0.29) is 35.6 Å². The summed E-state index contributed by atoms with van der Waals surface area (Å²) in [5.74, 6) is -1.29. The standard InChI is InChI=1S/C24H35N3O6/c1-17(28)18(8-6-14-26-23(25)33)16-20(30)24(12-7-13-24)19(29)9-4-2-3-5-15-27-21(31)10-11-22(27)32/h10-11,18H,2-9,12-16H2,1H3,(H3,25,26,33)/t18-/m1/s1. The Kier molecular flexibility index (Phi) is 9.94. The molecule has 0 saturated heterocycles. The minimum Gasteiger partial charge on any atom is -0.352 e. The highest BCUT2D eigenvalue weighted by molar-refractivity contribution is 6.12. The zero-order valence-corrected chi connectivity index (χ0v) is 19.4. The van der Waals surface area contributed by atoms with Gasteiger partial charge in [0, 0.05) is 44.0 Å². The Labute approximate surface area is 194 Å². The van der Waals surface area contributed by atoms with Gasteiger partial charge in [0.2, 0.25) is 0 Å². The number of unbranched alkanes of at least 4 members (excludes halogenated alkanes) is 3. The number of rotatable bonds is 16. The third kappa shape index (κ3) is 7.33. The maximum Gasteiger partial charge on any atom is 0.312 e. The number of ketones is 3. The lowest BCUT2D eigenvalue weighted by molar-refractivity contribution is -0.148. The first-order valence-electron chi connectivity index (χ1n) is 11.8. The number of carbonyl (C=O) groups is 6. The lowest BCUT2D eigenvalue weighted by Gasteiger charge is -2.39. The van der Waals surface area contributed by atoms with Gasteiger partial charge in [0.1, 0.15) is 17.3 Å². The molecule has 1 aliphatic carbocycles. The molecule has 0 aromatic rings. The third-order valence-corrected chi connectivity index (χ3v) is 6.75. The van der Waals surface area contributed by atoms with E-state index in [4.69, 9.17) is 5.73 Å². The Hall–Kier alpha value is -2.84. The summed E-state index contributed by atoms with van der Waals surface area (Å²) in [6.07, 6.45) is 8.74. The Morgan fingerprint density at radius 3 is 2.18 bits per heavy atom. The average Bonchev–Trinajstić information content (AvgIpc) is 3.03. The summed E-state index contributed by atoms with van der Waals surface area (Å²) >= 11 is 0. The molecular weight excluding hydrogens is 426 g/mol. The van der Waals surface area contributed by atoms with E-state index in [2.05, 4.69) is 5.32 Å². The van der Waals surface area contributed by atoms with Crippen molar-refractivity contribution in [2.75, 3.05) is 13.1 Å². The van der Waals surface area contributed by atoms with Gasteiger partial charge in [0.25, 0.3) is 11.8 Å². The summed E-state index contributed by atoms with van der Waals surface area (Å²) in [7, 11) is 0. The fraction of sp³-hybridized carbons (Fsp3) is 0.667. The predicted molar refractivity (Wildman–Crippen MR) is 121 cm³/mol. The quantitative estimate of drug-likeness (QED) is 0.205. The van der Waals surface area contributed by atoms with Gasteiger partial charge in [0.15, 0.2) is 0 Å². The number of nitrogens with two attached hydrogens (primary N) is 1. The van der Waals surface area contributed by atoms with Gasteiger partial charge in [-0.1, -0.05) is 19.3 Å². The number of Topliss-reactive ketones (excluding diaryl/α,β-unsaturated/α-hetero) is 3. The number of nitrogens with one attached hydrogen (secondary N) is 1. The van der Waals surface area contributed by atoms with E-state index in [1.54, 1.807) is 0 Å². The minimum absolute atomic E-state index is 0.0365. The van der Waals surface area contributed by atoms with E-state index < -0.39 is 17.4 Å². The highest BCUT2D eigenvalue weighted by Gasteiger charge is 2.49. The Morgan fingerprint density at radius 1 is 1.00 bits per heavy atom. The van der Waals surface area contributed by atoms with Crippen molar-refractivity contribution in [2.45, 2.75) is 77.6 Å². The molecule has 2 rings (SSSR count). The van der Waals surface area contributed by atoms with Gasteiger partial charge in [-0.25, -0.2) is 4.79 Å². The van der Waals surface area contributed by atoms with Crippen molar-refractivity contribution >= 4 is 35.2 Å². The summed E-state index contributed by atoms with van der Waals surface area (Å²) in [5, 5.41) is 2.47. The molecule has 0 spiro atoms. The van der Waals surface area contributed by atoms with Crippen LogP contribution in [0.15, 0.2) is 12.2 Å². The van der Waals surface area contributed by atoms with Crippen LogP contribution in [-0.2, 0) is 24.0 Å². The van der Waals surface area contributed by atoms with Crippen LogP contribution in [0.4, 0.5) is 4.79 Å². The molecule has 0 aromatic carbocycles. The molecule has 1 atom stereocenters. The monoisotopic (exact) mass is 461 g/mol. The van der Waals surface area contributed by atoms with Crippen molar-refractivity contribution in [1.29, 1.82) is 0 Å². The van der Waals surface area contributed by atoms with Crippen LogP contribution in [0.1, 0.15) is 77.6 Å². The molecule has 0 aromatic heterocycles. The van der Waals surface area contributed by atoms with Gasteiger partial charge >= 0.3 is 6.03 Å². The molecule has 33 heavy (non-hydrogen) atoms. The Morgan fingerprint density at radius 2 is 1.64 bits per heavy atom. The van der Waals surface area contributed by atoms with Gasteiger partial charge in [-0.15, -0.1) is 0 Å². The number of imide groups is 1. The number of amides is 4. The van der Waals surface area contributed by atoms with E-state index >= 15 is 0 Å². The fourth-order valence-corrected chi connectivity index (χ4v) is 4.47. The van der Waals surface area contributed by atoms with E-state index in [9.17, 15) is 28.8 Å². The lowest BCUT2D eigenvalue weighted by atomic mass is 9.61. The van der Waals surface area contributed by atoms with Gasteiger partial charge in [0.05, 0.1) is 5.41 Å². The van der Waals surface area contributed by atoms with E-state index in [0.29, 0.717) is 58.0 Å². The number of carbonyl (C=O) groups excluding carboxylic acids is 6. The van der Waals surface area contributed by atoms with Crippen LogP contribution in [0.2, 0.25) is 0 Å². The van der Waals surface area contributed by atoms with Crippen LogP contribution in [-0.4, -0.2) is 53.2 Å². The van der Waals surface area contributed by atoms with Crippen molar-refractivity contribution in [1.82, 2.24) is 10.2 Å². The van der Waals surface area contributed by atoms with Crippen molar-refractivity contribution in [2.24, 2.45) is 17.1 Å². The molecule has 0 radical (unpaired) electrons. The Bertz CT molecular complexity index is 797. The third-order valence-electron chi connectivity index (χ3n) is 6.75. The molecule has 1 saturated carbocycles. The van der Waals surface area contributed by atoms with Gasteiger partial charge in [-0.3, -0.25) is 28.9 Å². The first-order valence-corrected chi connectivity index (χ1v) is 11.8. The zero-order valence-electron chi connectivity index (χ0n) is 19.4. The molecule has 9 nitrogen and oxygen atoms in total. The van der Waals surface area contributed by atoms with Crippen molar-refractivity contribution < 1.29 is 28.8 Å². The van der Waals surface area contributed by atoms with Gasteiger partial charge < -0.3 is 11.1 Å². The SMILES string of the molecule is CC(=O)[C@H](CCCNC(N)=O)CC(=O)C1(C(=O)CCCCCCN2C(=O)C=CC2=O)CCC1. The first kappa shape index (κ1) is 26.4. The summed E-state index contributed by atoms with van der Waals surface area (Å²) in [6, 6.07) is -0.625. The molecule has 0 unspecified atom stereocenters. The summed E-state index contributed by atoms with van der Waals surface area (Å²) in [4.78, 5) is 73.0. The molecule has 0 bridgehead atoms. The van der Waals surface area contributed by atoms with Crippen LogP contribution in [0.5, 0.6) is 0 Å². The van der Waals surface area contributed by atoms with E-state index in [1.165, 1.54) is 24.0 Å². The molecule has 1 fully saturated rings. The van der Waals surface area contributed by atoms with E-state index in [1.807, 2.05) is 0 Å². The maximum atomic E-state index is 13.1. The molecule has 4 amide bonds. The summed E-state index contributed by atoms with van der Waals surface area (Å²) in [6.45, 7) is 2.17. The second-order valence-electron chi connectivity index (χ2n) is 9.05. The minimum atomic E-state index is -0.945. The number of hydrogen-bond donors (Lipinski definition) is 2. The largest absolute Gasteiger partial charge is 0.352 e. The lowest BCUT2D eigenvalue weighted by Crippen LogP contribution is -2.46. The highest BCUT2D eigenvalue weighted by atomic mass is 16.2. The first-order chi connectivity index (χ1) is 15.7. The normalized spacial score (nSPS) is 17.5. The molecule has 3 N–H and O–H groups in total. The molecule has 1 heterocycles. The number of urea groups is 1. The van der Waals surface area contributed by atoms with Crippen LogP contribution < -0.4 is 11.1 Å². The fourth-order valence-electron chi connectivity index (χ4n) is 4.47. The highest BCUT2D eigenvalue weighted by Crippen LogP contribution is 2.45. The van der Waals surface area contributed by atoms with Gasteiger partial charge in [-0.05, 0) is 45.4 Å². The number of primary amides is 1. The average molecular weight is 462 g/mol. The topological polar surface area (TPSA) is 144 Å². The number of hydrogen-bond acceptors (Lipinski definition) is 6. The second-order valence-corrected chi connectivity index (χ2v) is 9.05. The van der Waals surface area contributed by atoms with E-state index in [0.717, 1.165) is 19.3 Å². The molecule has 182 valence electrons. The zero-order chi connectivity index (χ0) is 24.4. The van der Waals surface area contributed by atoms with Crippen molar-refractivity contribution in [3.8, 4) is 0 Å². The summed E-state index contributed by atoms with van der Waals surface area (Å²) < 4.78 is 0. The van der Waals surface area contributed by atoms with Crippen molar-refractivity contribution in [3.63, 3.8) is 0 Å². The van der Waals surface area contributed by atoms with Crippen LogP contribution in [0, 0.1) is 11.3 Å². The maximum absolute atomic E-state index is 13.1. The van der Waals surface area contributed by atoms with Gasteiger partial charge in [-0.2, -0.15) is 0 Å². The molecular formula is C24H35N3O6. The Balaban J connectivity index is 1.74. The molecule has 2 aliphatic rings. The van der Waals surface area contributed by atoms with Crippen LogP contribution >= 0.6 is 0 Å². The summed E-state index contributed by atoms with van der Waals surface area (Å²) in [5.41, 5.74) is 4.09. The number of nitrogens with zero attached hydrogens (tertiary/aromatic N) is 1. The smallest absolute Gasteiger partial charge is 0.312 e. The predicted octanol–water partition coefficient (Wildman–Crippen LogP) is 2.21. The van der Waals surface area contributed by atoms with Crippen LogP contribution in [0.25, 0.3) is 0 Å². The molecule has 9 heteroatoms. The second kappa shape index (κ2) is 12.4. The van der Waals surface area contributed by atoms with Crippen molar-refractivity contribution in [3.05, 3.63) is 12.2 Å².